The molecule has 1 saturated heterocycles. The summed E-state index contributed by atoms with van der Waals surface area (Å²) < 4.78 is 38.7. The number of carbonyl (C=O) groups excluding carboxylic acids is 1. The van der Waals surface area contributed by atoms with Crippen molar-refractivity contribution in [1.29, 1.82) is 0 Å². The molecule has 1 aromatic carbocycles. The van der Waals surface area contributed by atoms with Crippen LogP contribution in [-0.4, -0.2) is 47.9 Å². The van der Waals surface area contributed by atoms with Crippen molar-refractivity contribution < 1.29 is 17.6 Å². The zero-order valence-electron chi connectivity index (χ0n) is 15.1. The number of thiazole rings is 1. The van der Waals surface area contributed by atoms with E-state index in [1.54, 1.807) is 26.0 Å². The second kappa shape index (κ2) is 7.55. The van der Waals surface area contributed by atoms with Gasteiger partial charge in [0.2, 0.25) is 5.91 Å². The van der Waals surface area contributed by atoms with Gasteiger partial charge in [0.25, 0.3) is 0 Å². The van der Waals surface area contributed by atoms with Crippen molar-refractivity contribution >= 4 is 27.1 Å². The van der Waals surface area contributed by atoms with E-state index in [1.165, 1.54) is 21.6 Å². The topological polar surface area (TPSA) is 76.5 Å². The van der Waals surface area contributed by atoms with Crippen molar-refractivity contribution in [1.82, 2.24) is 9.47 Å². The van der Waals surface area contributed by atoms with Gasteiger partial charge in [-0.1, -0.05) is 11.3 Å². The first kappa shape index (κ1) is 19.8. The lowest BCUT2D eigenvalue weighted by molar-refractivity contribution is -0.131. The lowest BCUT2D eigenvalue weighted by atomic mass is 10.1. The van der Waals surface area contributed by atoms with Crippen molar-refractivity contribution in [3.63, 3.8) is 0 Å². The summed E-state index contributed by atoms with van der Waals surface area (Å²) in [6.45, 7) is 3.76. The van der Waals surface area contributed by atoms with Gasteiger partial charge in [0, 0.05) is 18.0 Å². The first-order valence-corrected chi connectivity index (χ1v) is 11.2. The van der Waals surface area contributed by atoms with E-state index >= 15 is 0 Å². The maximum atomic E-state index is 13.2. The standard InChI is InChI=1S/C18H21FN2O4S2/c1-12-7-8-20(9-10-27(12,24)25)16(22)11-21-17(13(2)26-18(21)23)14-3-5-15(19)6-4-14/h3-6,12H,7-11H2,1-2H3. The number of aryl methyl sites for hydroxylation is 1. The average molecular weight is 413 g/mol. The Morgan fingerprint density at radius 1 is 1.26 bits per heavy atom. The highest BCUT2D eigenvalue weighted by Crippen LogP contribution is 2.25. The number of halogens is 1. The highest BCUT2D eigenvalue weighted by atomic mass is 32.2. The molecule has 0 spiro atoms. The van der Waals surface area contributed by atoms with Crippen LogP contribution >= 0.6 is 11.3 Å². The molecule has 1 amide bonds. The summed E-state index contributed by atoms with van der Waals surface area (Å²) in [5.41, 5.74) is 1.25. The molecule has 2 aromatic rings. The molecule has 1 aliphatic rings. The third kappa shape index (κ3) is 4.14. The summed E-state index contributed by atoms with van der Waals surface area (Å²) >= 11 is 1.03. The molecule has 0 aliphatic carbocycles. The molecule has 1 aromatic heterocycles. The Labute approximate surface area is 161 Å². The van der Waals surface area contributed by atoms with E-state index in [2.05, 4.69) is 0 Å². The molecule has 1 aliphatic heterocycles. The van der Waals surface area contributed by atoms with E-state index in [-0.39, 0.29) is 35.4 Å². The summed E-state index contributed by atoms with van der Waals surface area (Å²) in [5, 5.41) is -0.476. The van der Waals surface area contributed by atoms with Crippen LogP contribution in [0.4, 0.5) is 4.39 Å². The maximum Gasteiger partial charge on any atom is 0.308 e. The van der Waals surface area contributed by atoms with Crippen molar-refractivity contribution in [3.8, 4) is 11.3 Å². The van der Waals surface area contributed by atoms with Crippen LogP contribution in [0.5, 0.6) is 0 Å². The number of benzene rings is 1. The van der Waals surface area contributed by atoms with E-state index in [1.807, 2.05) is 0 Å². The Morgan fingerprint density at radius 3 is 2.59 bits per heavy atom. The fourth-order valence-electron chi connectivity index (χ4n) is 3.18. The highest BCUT2D eigenvalue weighted by molar-refractivity contribution is 7.92. The Morgan fingerprint density at radius 2 is 1.93 bits per heavy atom. The third-order valence-corrected chi connectivity index (χ3v) is 8.00. The average Bonchev–Trinajstić information content (AvgIpc) is 2.80. The van der Waals surface area contributed by atoms with Gasteiger partial charge in [-0.3, -0.25) is 14.2 Å². The lowest BCUT2D eigenvalue weighted by Gasteiger charge is -2.20. The molecule has 0 bridgehead atoms. The van der Waals surface area contributed by atoms with Gasteiger partial charge in [-0.2, -0.15) is 0 Å². The molecule has 1 atom stereocenters. The first-order valence-electron chi connectivity index (χ1n) is 8.64. The SMILES string of the molecule is Cc1sc(=O)n(CC(=O)N2CCC(C)S(=O)(=O)CC2)c1-c1ccc(F)cc1. The number of hydrogen-bond donors (Lipinski definition) is 0. The molecule has 2 heterocycles. The van der Waals surface area contributed by atoms with Gasteiger partial charge in [-0.05, 0) is 50.1 Å². The number of sulfone groups is 1. The molecule has 146 valence electrons. The molecular formula is C18H21FN2O4S2. The Balaban J connectivity index is 1.87. The van der Waals surface area contributed by atoms with Gasteiger partial charge in [0.15, 0.2) is 9.84 Å². The third-order valence-electron chi connectivity index (χ3n) is 4.89. The van der Waals surface area contributed by atoms with E-state index in [0.717, 1.165) is 16.2 Å². The second-order valence-corrected chi connectivity index (χ2v) is 10.4. The van der Waals surface area contributed by atoms with Crippen LogP contribution in [0.1, 0.15) is 18.2 Å². The first-order chi connectivity index (χ1) is 12.7. The van der Waals surface area contributed by atoms with Crippen LogP contribution in [-0.2, 0) is 21.2 Å². The fourth-order valence-corrected chi connectivity index (χ4v) is 5.37. The predicted octanol–water partition coefficient (Wildman–Crippen LogP) is 2.06. The molecule has 27 heavy (non-hydrogen) atoms. The van der Waals surface area contributed by atoms with Crippen molar-refractivity contribution in [2.24, 2.45) is 0 Å². The molecule has 0 radical (unpaired) electrons. The molecule has 0 saturated carbocycles. The molecule has 9 heteroatoms. The van der Waals surface area contributed by atoms with Gasteiger partial charge in [0.1, 0.15) is 12.4 Å². The Bertz CT molecular complexity index is 1010. The van der Waals surface area contributed by atoms with Crippen molar-refractivity contribution in [2.75, 3.05) is 18.8 Å². The molecule has 6 nitrogen and oxygen atoms in total. The molecule has 3 rings (SSSR count). The Kier molecular flexibility index (Phi) is 5.53. The van der Waals surface area contributed by atoms with Crippen LogP contribution in [0.3, 0.4) is 0 Å². The minimum absolute atomic E-state index is 0.0672. The van der Waals surface area contributed by atoms with E-state index < -0.39 is 15.1 Å². The largest absolute Gasteiger partial charge is 0.340 e. The summed E-state index contributed by atoms with van der Waals surface area (Å²) in [7, 11) is -3.19. The number of nitrogens with zero attached hydrogens (tertiary/aromatic N) is 2. The summed E-state index contributed by atoms with van der Waals surface area (Å²) in [5.74, 6) is -0.735. The van der Waals surface area contributed by atoms with Crippen LogP contribution in [0, 0.1) is 12.7 Å². The van der Waals surface area contributed by atoms with E-state index in [4.69, 9.17) is 0 Å². The van der Waals surface area contributed by atoms with E-state index in [0.29, 0.717) is 24.2 Å². The maximum absolute atomic E-state index is 13.2. The summed E-state index contributed by atoms with van der Waals surface area (Å²) in [4.78, 5) is 27.1. The molecule has 1 fully saturated rings. The molecule has 0 N–H and O–H groups in total. The lowest BCUT2D eigenvalue weighted by Crippen LogP contribution is -2.37. The van der Waals surface area contributed by atoms with Crippen molar-refractivity contribution in [3.05, 3.63) is 44.6 Å². The summed E-state index contributed by atoms with van der Waals surface area (Å²) in [6.07, 6.45) is 0.385. The predicted molar refractivity (Wildman–Crippen MR) is 103 cm³/mol. The van der Waals surface area contributed by atoms with Crippen LogP contribution in [0.25, 0.3) is 11.3 Å². The van der Waals surface area contributed by atoms with Gasteiger partial charge in [0.05, 0.1) is 16.7 Å². The van der Waals surface area contributed by atoms with Crippen LogP contribution in [0.15, 0.2) is 29.1 Å². The zero-order valence-corrected chi connectivity index (χ0v) is 16.8. The number of aromatic nitrogens is 1. The molecule has 1 unspecified atom stereocenters. The smallest absolute Gasteiger partial charge is 0.308 e. The zero-order chi connectivity index (χ0) is 19.8. The summed E-state index contributed by atoms with van der Waals surface area (Å²) in [6, 6.07) is 5.77. The highest BCUT2D eigenvalue weighted by Gasteiger charge is 2.29. The number of rotatable bonds is 3. The number of amides is 1. The number of hydrogen-bond acceptors (Lipinski definition) is 5. The van der Waals surface area contributed by atoms with Gasteiger partial charge in [-0.25, -0.2) is 12.8 Å². The van der Waals surface area contributed by atoms with Crippen molar-refractivity contribution in [2.45, 2.75) is 32.1 Å². The van der Waals surface area contributed by atoms with Crippen LogP contribution < -0.4 is 4.87 Å². The molecular weight excluding hydrogens is 391 g/mol. The minimum Gasteiger partial charge on any atom is -0.340 e. The minimum atomic E-state index is -3.19. The van der Waals surface area contributed by atoms with E-state index in [9.17, 15) is 22.4 Å². The monoisotopic (exact) mass is 412 g/mol. The fraction of sp³-hybridized carbons (Fsp3) is 0.444. The Hall–Kier alpha value is -2.00. The van der Waals surface area contributed by atoms with Gasteiger partial charge in [-0.15, -0.1) is 0 Å². The van der Waals surface area contributed by atoms with Gasteiger partial charge >= 0.3 is 4.87 Å². The second-order valence-electron chi connectivity index (χ2n) is 6.71. The number of carbonyl (C=O) groups is 1. The van der Waals surface area contributed by atoms with Gasteiger partial charge < -0.3 is 4.90 Å². The van der Waals surface area contributed by atoms with Crippen LogP contribution in [0.2, 0.25) is 0 Å². The normalized spacial score (nSPS) is 19.7. The quantitative estimate of drug-likeness (QED) is 0.773.